The Kier molecular flexibility index (Phi) is 8.21. The van der Waals surface area contributed by atoms with E-state index in [1.165, 1.54) is 0 Å². The summed E-state index contributed by atoms with van der Waals surface area (Å²) in [6, 6.07) is 0.237. The second-order valence-corrected chi connectivity index (χ2v) is 8.09. The first-order valence-corrected chi connectivity index (χ1v) is 10.0. The fourth-order valence-corrected chi connectivity index (χ4v) is 2.98. The summed E-state index contributed by atoms with van der Waals surface area (Å²) in [7, 11) is 0. The molecule has 0 amide bonds. The van der Waals surface area contributed by atoms with E-state index in [1.54, 1.807) is 0 Å². The molecule has 0 saturated carbocycles. The maximum absolute atomic E-state index is 14.3. The summed E-state index contributed by atoms with van der Waals surface area (Å²) in [4.78, 5) is 10.1. The maximum atomic E-state index is 14.3. The molecule has 2 aromatic rings. The summed E-state index contributed by atoms with van der Waals surface area (Å²) in [6.45, 7) is 0. The van der Waals surface area contributed by atoms with Crippen LogP contribution in [0.4, 0.5) is 86.3 Å². The minimum atomic E-state index is -8.69. The lowest BCUT2D eigenvalue weighted by Gasteiger charge is -2.42. The van der Waals surface area contributed by atoms with Crippen molar-refractivity contribution in [1.29, 1.82) is 0 Å². The minimum Gasteiger partial charge on any atom is -0.324 e. The van der Waals surface area contributed by atoms with Crippen molar-refractivity contribution in [2.75, 3.05) is 5.32 Å². The van der Waals surface area contributed by atoms with Gasteiger partial charge in [-0.15, -0.1) is 0 Å². The third-order valence-electron chi connectivity index (χ3n) is 4.81. The number of rotatable bonds is 9. The average molecular weight is 659 g/mol. The van der Waals surface area contributed by atoms with Gasteiger partial charge in [0, 0.05) is 11.3 Å². The van der Waals surface area contributed by atoms with Crippen LogP contribution in [-0.2, 0) is 5.92 Å². The Morgan fingerprint density at radius 1 is 0.475 bits per heavy atom. The standard InChI is InChI=1S/C17H5Cl2F17N4/c18-7-38-8(19)40-9(39-7)37-6-3-1-5(2-4-6)10(20,21)11(22,23)12(24,25)13(26,27)14(28,29)15(30,31)16(32,33)17(34,35)36/h1-4H,(H,37,38,39,40). The van der Waals surface area contributed by atoms with Crippen molar-refractivity contribution < 1.29 is 74.6 Å². The third-order valence-corrected chi connectivity index (χ3v) is 5.14. The number of halogens is 19. The van der Waals surface area contributed by atoms with Crippen molar-refractivity contribution in [1.82, 2.24) is 15.0 Å². The van der Waals surface area contributed by atoms with E-state index in [9.17, 15) is 74.6 Å². The third kappa shape index (κ3) is 4.91. The van der Waals surface area contributed by atoms with Gasteiger partial charge in [-0.05, 0) is 35.3 Å². The second kappa shape index (κ2) is 9.76. The molecule has 1 aromatic carbocycles. The quantitative estimate of drug-likeness (QED) is 0.275. The van der Waals surface area contributed by atoms with Crippen molar-refractivity contribution >= 4 is 34.8 Å². The number of benzene rings is 1. The smallest absolute Gasteiger partial charge is 0.324 e. The zero-order valence-electron chi connectivity index (χ0n) is 17.8. The van der Waals surface area contributed by atoms with Crippen LogP contribution >= 0.6 is 23.2 Å². The number of nitrogens with zero attached hydrogens (tertiary/aromatic N) is 3. The summed E-state index contributed by atoms with van der Waals surface area (Å²) in [6.07, 6.45) is -7.81. The van der Waals surface area contributed by atoms with Gasteiger partial charge in [-0.25, -0.2) is 0 Å². The SMILES string of the molecule is FC(F)(F)C(F)(F)C(F)(F)C(F)(F)C(F)(F)C(F)(F)C(F)(F)C(F)(F)c1ccc(Nc2nc(Cl)nc(Cl)n2)cc1. The Balaban J connectivity index is 2.51. The molecule has 2 rings (SSSR count). The molecule has 226 valence electrons. The molecule has 0 atom stereocenters. The van der Waals surface area contributed by atoms with Crippen LogP contribution in [0.15, 0.2) is 24.3 Å². The van der Waals surface area contributed by atoms with Crippen molar-refractivity contribution in [2.45, 2.75) is 47.6 Å². The lowest BCUT2D eigenvalue weighted by atomic mass is 9.87. The molecule has 23 heteroatoms. The molecule has 0 bridgehead atoms. The van der Waals surface area contributed by atoms with Crippen molar-refractivity contribution in [3.8, 4) is 0 Å². The van der Waals surface area contributed by atoms with Crippen LogP contribution in [0.25, 0.3) is 0 Å². The highest BCUT2D eigenvalue weighted by atomic mass is 35.5. The zero-order chi connectivity index (χ0) is 31.5. The molecule has 0 fully saturated rings. The van der Waals surface area contributed by atoms with E-state index in [1.807, 2.05) is 0 Å². The van der Waals surface area contributed by atoms with Crippen LogP contribution in [0, 0.1) is 0 Å². The zero-order valence-corrected chi connectivity index (χ0v) is 19.3. The molecular weight excluding hydrogens is 654 g/mol. The van der Waals surface area contributed by atoms with E-state index in [0.717, 1.165) is 0 Å². The van der Waals surface area contributed by atoms with Gasteiger partial charge in [0.15, 0.2) is 0 Å². The average Bonchev–Trinajstić information content (AvgIpc) is 2.77. The van der Waals surface area contributed by atoms with Gasteiger partial charge in [0.25, 0.3) is 0 Å². The maximum Gasteiger partial charge on any atom is 0.460 e. The summed E-state index contributed by atoms with van der Waals surface area (Å²) in [5.41, 5.74) is -2.83. The van der Waals surface area contributed by atoms with Crippen LogP contribution < -0.4 is 5.32 Å². The molecule has 40 heavy (non-hydrogen) atoms. The predicted molar refractivity (Wildman–Crippen MR) is 99.2 cm³/mol. The first-order chi connectivity index (χ1) is 17.6. The van der Waals surface area contributed by atoms with E-state index >= 15 is 0 Å². The van der Waals surface area contributed by atoms with Gasteiger partial charge in [-0.1, -0.05) is 12.1 Å². The largest absolute Gasteiger partial charge is 0.460 e. The molecule has 0 aliphatic rings. The van der Waals surface area contributed by atoms with E-state index < -0.39 is 75.4 Å². The lowest BCUT2D eigenvalue weighted by molar-refractivity contribution is -0.462. The lowest BCUT2D eigenvalue weighted by Crippen LogP contribution is -2.74. The number of hydrogen-bond donors (Lipinski definition) is 1. The predicted octanol–water partition coefficient (Wildman–Crippen LogP) is 8.39. The number of anilines is 2. The van der Waals surface area contributed by atoms with E-state index in [-0.39, 0.29) is 12.1 Å². The Morgan fingerprint density at radius 2 is 0.825 bits per heavy atom. The van der Waals surface area contributed by atoms with Crippen molar-refractivity contribution in [2.24, 2.45) is 0 Å². The van der Waals surface area contributed by atoms with Crippen LogP contribution in [0.5, 0.6) is 0 Å². The van der Waals surface area contributed by atoms with Crippen LogP contribution in [0.1, 0.15) is 5.56 Å². The highest BCUT2D eigenvalue weighted by Gasteiger charge is 2.95. The van der Waals surface area contributed by atoms with Gasteiger partial charge in [-0.2, -0.15) is 89.6 Å². The van der Waals surface area contributed by atoms with Gasteiger partial charge in [0.1, 0.15) is 0 Å². The summed E-state index contributed by atoms with van der Waals surface area (Å²) < 4.78 is 228. The molecule has 0 aliphatic heterocycles. The molecule has 0 spiro atoms. The monoisotopic (exact) mass is 658 g/mol. The normalized spacial score (nSPS) is 14.9. The van der Waals surface area contributed by atoms with Crippen LogP contribution in [0.3, 0.4) is 0 Å². The van der Waals surface area contributed by atoms with Crippen molar-refractivity contribution in [3.05, 3.63) is 40.4 Å². The number of alkyl halides is 17. The molecule has 0 unspecified atom stereocenters. The fourth-order valence-electron chi connectivity index (χ4n) is 2.62. The summed E-state index contributed by atoms with van der Waals surface area (Å²) >= 11 is 10.9. The molecule has 1 aromatic heterocycles. The van der Waals surface area contributed by atoms with Gasteiger partial charge in [0.2, 0.25) is 16.5 Å². The minimum absolute atomic E-state index is 0.209. The van der Waals surface area contributed by atoms with E-state index in [0.29, 0.717) is 12.1 Å². The topological polar surface area (TPSA) is 50.7 Å². The molecule has 1 N–H and O–H groups in total. The number of nitrogens with one attached hydrogen (secondary N) is 1. The van der Waals surface area contributed by atoms with E-state index in [2.05, 4.69) is 20.3 Å². The van der Waals surface area contributed by atoms with Gasteiger partial charge >= 0.3 is 47.6 Å². The van der Waals surface area contributed by atoms with E-state index in [4.69, 9.17) is 23.2 Å². The molecule has 0 aliphatic carbocycles. The Hall–Kier alpha value is -2.58. The second-order valence-electron chi connectivity index (χ2n) is 7.42. The first kappa shape index (κ1) is 33.6. The molecule has 4 nitrogen and oxygen atoms in total. The Bertz CT molecular complexity index is 1210. The molecule has 0 saturated heterocycles. The first-order valence-electron chi connectivity index (χ1n) is 9.25. The summed E-state index contributed by atoms with van der Waals surface area (Å²) in [5, 5.41) is 1.07. The highest BCUT2D eigenvalue weighted by Crippen LogP contribution is 2.65. The number of aromatic nitrogens is 3. The van der Waals surface area contributed by atoms with Crippen molar-refractivity contribution in [3.63, 3.8) is 0 Å². The van der Waals surface area contributed by atoms with Crippen LogP contribution in [-0.4, -0.2) is 56.7 Å². The van der Waals surface area contributed by atoms with Gasteiger partial charge in [0.05, 0.1) is 0 Å². The molecule has 1 heterocycles. The van der Waals surface area contributed by atoms with Gasteiger partial charge in [-0.3, -0.25) is 0 Å². The fraction of sp³-hybridized carbons (Fsp3) is 0.471. The summed E-state index contributed by atoms with van der Waals surface area (Å²) in [5.74, 6) is -57.6. The van der Waals surface area contributed by atoms with Gasteiger partial charge < -0.3 is 5.32 Å². The molecule has 0 radical (unpaired) electrons. The number of hydrogen-bond acceptors (Lipinski definition) is 4. The Morgan fingerprint density at radius 3 is 1.20 bits per heavy atom. The van der Waals surface area contributed by atoms with Crippen LogP contribution in [0.2, 0.25) is 10.6 Å². The highest BCUT2D eigenvalue weighted by molar-refractivity contribution is 6.31. The molecular formula is C17H5Cl2F17N4. The Labute approximate surface area is 218 Å².